The molecule has 1 atom stereocenters. The second kappa shape index (κ2) is 2.67. The van der Waals surface area contributed by atoms with E-state index in [9.17, 15) is 4.79 Å². The van der Waals surface area contributed by atoms with Crippen LogP contribution >= 0.6 is 0 Å². The molecular weight excluding hydrogens is 116 g/mol. The van der Waals surface area contributed by atoms with Crippen molar-refractivity contribution in [1.82, 2.24) is 0 Å². The Kier molecular flexibility index (Phi) is 1.88. The van der Waals surface area contributed by atoms with Crippen LogP contribution in [0.25, 0.3) is 0 Å². The second-order valence-corrected chi connectivity index (χ2v) is 2.25. The molecule has 1 rings (SSSR count). The van der Waals surface area contributed by atoms with E-state index < -0.39 is 0 Å². The molecule has 0 unspecified atom stereocenters. The van der Waals surface area contributed by atoms with Crippen molar-refractivity contribution in [3.8, 4) is 0 Å². The summed E-state index contributed by atoms with van der Waals surface area (Å²) in [6.07, 6.45) is 4.38. The van der Waals surface area contributed by atoms with Gasteiger partial charge in [-0.25, -0.2) is 0 Å². The molecule has 0 fully saturated rings. The van der Waals surface area contributed by atoms with Gasteiger partial charge in [-0.15, -0.1) is 0 Å². The van der Waals surface area contributed by atoms with Crippen molar-refractivity contribution in [3.05, 3.63) is 12.3 Å². The zero-order valence-corrected chi connectivity index (χ0v) is 5.46. The molecule has 0 aliphatic carbocycles. The van der Waals surface area contributed by atoms with Crippen LogP contribution in [-0.2, 0) is 9.53 Å². The largest absolute Gasteiger partial charge is 0.501 e. The van der Waals surface area contributed by atoms with Gasteiger partial charge in [0.15, 0.2) is 0 Å². The highest BCUT2D eigenvalue weighted by Gasteiger charge is 2.14. The minimum Gasteiger partial charge on any atom is -0.501 e. The summed E-state index contributed by atoms with van der Waals surface area (Å²) < 4.78 is 4.94. The monoisotopic (exact) mass is 126 g/mol. The molecule has 0 aromatic heterocycles. The molecule has 1 heterocycles. The molecule has 0 spiro atoms. The minimum absolute atomic E-state index is 0.106. The van der Waals surface area contributed by atoms with E-state index >= 15 is 0 Å². The van der Waals surface area contributed by atoms with E-state index in [2.05, 4.69) is 0 Å². The van der Waals surface area contributed by atoms with Gasteiger partial charge in [0.05, 0.1) is 18.8 Å². The number of rotatable bonds is 1. The average Bonchev–Trinajstić information content (AvgIpc) is 1.90. The zero-order valence-electron chi connectivity index (χ0n) is 5.46. The molecule has 1 aliphatic rings. The van der Waals surface area contributed by atoms with E-state index in [1.54, 1.807) is 13.2 Å². The van der Waals surface area contributed by atoms with Crippen LogP contribution in [0.4, 0.5) is 0 Å². The molecule has 0 radical (unpaired) electrons. The van der Waals surface area contributed by atoms with Crippen LogP contribution in [-0.4, -0.2) is 12.4 Å². The maximum atomic E-state index is 10.7. The zero-order chi connectivity index (χ0) is 6.69. The van der Waals surface area contributed by atoms with Crippen molar-refractivity contribution in [2.24, 2.45) is 5.92 Å². The van der Waals surface area contributed by atoms with Gasteiger partial charge < -0.3 is 4.74 Å². The smallest absolute Gasteiger partial charge is 0.136 e. The molecule has 2 nitrogen and oxygen atoms in total. The molecule has 9 heavy (non-hydrogen) atoms. The lowest BCUT2D eigenvalue weighted by molar-refractivity contribution is -0.122. The highest BCUT2D eigenvalue weighted by Crippen LogP contribution is 2.10. The summed E-state index contributed by atoms with van der Waals surface area (Å²) in [5.41, 5.74) is 0. The third kappa shape index (κ3) is 1.56. The summed E-state index contributed by atoms with van der Waals surface area (Å²) in [4.78, 5) is 10.7. The highest BCUT2D eigenvalue weighted by atomic mass is 16.5. The molecule has 0 N–H and O–H groups in total. The highest BCUT2D eigenvalue weighted by molar-refractivity contribution is 5.78. The molecule has 0 saturated carbocycles. The van der Waals surface area contributed by atoms with E-state index in [1.165, 1.54) is 0 Å². The number of hydrogen-bond donors (Lipinski definition) is 0. The molecule has 0 aromatic rings. The van der Waals surface area contributed by atoms with Crippen LogP contribution in [0, 0.1) is 5.92 Å². The Hall–Kier alpha value is -0.790. The summed E-state index contributed by atoms with van der Waals surface area (Å²) >= 11 is 0. The van der Waals surface area contributed by atoms with Gasteiger partial charge in [0.2, 0.25) is 0 Å². The maximum absolute atomic E-state index is 10.7. The number of allylic oxidation sites excluding steroid dienone is 1. The first-order chi connectivity index (χ1) is 4.30. The Labute approximate surface area is 54.5 Å². The van der Waals surface area contributed by atoms with Gasteiger partial charge in [0.1, 0.15) is 5.78 Å². The molecule has 0 aromatic carbocycles. The number of carbonyl (C=O) groups is 1. The molecular formula is C7H10O2. The molecule has 0 saturated heterocycles. The van der Waals surface area contributed by atoms with Crippen LogP contribution in [0.3, 0.4) is 0 Å². The molecule has 50 valence electrons. The fraction of sp³-hybridized carbons (Fsp3) is 0.571. The van der Waals surface area contributed by atoms with Crippen molar-refractivity contribution in [2.45, 2.75) is 13.3 Å². The third-order valence-electron chi connectivity index (χ3n) is 1.49. The van der Waals surface area contributed by atoms with Crippen LogP contribution < -0.4 is 0 Å². The number of ketones is 1. The van der Waals surface area contributed by atoms with Crippen LogP contribution in [0.15, 0.2) is 12.3 Å². The van der Waals surface area contributed by atoms with E-state index in [0.717, 1.165) is 6.42 Å². The minimum atomic E-state index is 0.106. The SMILES string of the molecule is CC(=O)[C@H]1CC=COC1. The molecule has 0 bridgehead atoms. The Morgan fingerprint density at radius 2 is 2.56 bits per heavy atom. The standard InChI is InChI=1S/C7H10O2/c1-6(8)7-3-2-4-9-5-7/h2,4,7H,3,5H2,1H3/t7-/m0/s1. The predicted octanol–water partition coefficient (Wildman–Crippen LogP) is 1.13. The number of carbonyl (C=O) groups excluding carboxylic acids is 1. The predicted molar refractivity (Wildman–Crippen MR) is 33.9 cm³/mol. The van der Waals surface area contributed by atoms with Crippen molar-refractivity contribution in [3.63, 3.8) is 0 Å². The van der Waals surface area contributed by atoms with Crippen LogP contribution in [0.2, 0.25) is 0 Å². The lowest BCUT2D eigenvalue weighted by Crippen LogP contribution is -2.17. The van der Waals surface area contributed by atoms with E-state index in [4.69, 9.17) is 4.74 Å². The lowest BCUT2D eigenvalue weighted by atomic mass is 10.0. The van der Waals surface area contributed by atoms with Crippen LogP contribution in [0.5, 0.6) is 0 Å². The summed E-state index contributed by atoms with van der Waals surface area (Å²) in [5, 5.41) is 0. The lowest BCUT2D eigenvalue weighted by Gasteiger charge is -2.14. The van der Waals surface area contributed by atoms with Crippen molar-refractivity contribution in [2.75, 3.05) is 6.61 Å². The number of ether oxygens (including phenoxy) is 1. The Balaban J connectivity index is 2.44. The Bertz CT molecular complexity index is 138. The Morgan fingerprint density at radius 1 is 1.78 bits per heavy atom. The number of Topliss-reactive ketones (excluding diaryl/α,β-unsaturated/α-hetero) is 1. The molecule has 2 heteroatoms. The first-order valence-corrected chi connectivity index (χ1v) is 3.08. The van der Waals surface area contributed by atoms with E-state index in [-0.39, 0.29) is 11.7 Å². The van der Waals surface area contributed by atoms with Gasteiger partial charge in [-0.2, -0.15) is 0 Å². The first-order valence-electron chi connectivity index (χ1n) is 3.08. The average molecular weight is 126 g/mol. The molecule has 0 amide bonds. The third-order valence-corrected chi connectivity index (χ3v) is 1.49. The van der Waals surface area contributed by atoms with E-state index in [0.29, 0.717) is 6.61 Å². The van der Waals surface area contributed by atoms with Gasteiger partial charge in [0.25, 0.3) is 0 Å². The summed E-state index contributed by atoms with van der Waals surface area (Å²) in [5.74, 6) is 0.328. The van der Waals surface area contributed by atoms with Gasteiger partial charge in [0, 0.05) is 0 Å². The number of hydrogen-bond acceptors (Lipinski definition) is 2. The van der Waals surface area contributed by atoms with Crippen molar-refractivity contribution < 1.29 is 9.53 Å². The maximum Gasteiger partial charge on any atom is 0.136 e. The van der Waals surface area contributed by atoms with Gasteiger partial charge in [-0.1, -0.05) is 0 Å². The Morgan fingerprint density at radius 3 is 2.89 bits per heavy atom. The van der Waals surface area contributed by atoms with Crippen LogP contribution in [0.1, 0.15) is 13.3 Å². The topological polar surface area (TPSA) is 26.3 Å². The summed E-state index contributed by atoms with van der Waals surface area (Å²) in [6, 6.07) is 0. The quantitative estimate of drug-likeness (QED) is 0.526. The van der Waals surface area contributed by atoms with Crippen molar-refractivity contribution >= 4 is 5.78 Å². The van der Waals surface area contributed by atoms with Crippen molar-refractivity contribution in [1.29, 1.82) is 0 Å². The normalized spacial score (nSPS) is 25.2. The fourth-order valence-corrected chi connectivity index (χ4v) is 0.811. The first kappa shape index (κ1) is 6.33. The fourth-order valence-electron chi connectivity index (χ4n) is 0.811. The van der Waals surface area contributed by atoms with Gasteiger partial charge in [-0.3, -0.25) is 4.79 Å². The van der Waals surface area contributed by atoms with E-state index in [1.807, 2.05) is 6.08 Å². The van der Waals surface area contributed by atoms with Gasteiger partial charge in [-0.05, 0) is 19.4 Å². The second-order valence-electron chi connectivity index (χ2n) is 2.25. The summed E-state index contributed by atoms with van der Waals surface area (Å²) in [6.45, 7) is 2.17. The molecule has 1 aliphatic heterocycles. The van der Waals surface area contributed by atoms with Gasteiger partial charge >= 0.3 is 0 Å². The summed E-state index contributed by atoms with van der Waals surface area (Å²) in [7, 11) is 0.